The molecule has 0 spiro atoms. The van der Waals surface area contributed by atoms with Gasteiger partial charge in [-0.05, 0) is 20.3 Å². The zero-order valence-electron chi connectivity index (χ0n) is 13.4. The summed E-state index contributed by atoms with van der Waals surface area (Å²) in [5.41, 5.74) is 0.322. The van der Waals surface area contributed by atoms with E-state index in [1.165, 1.54) is 6.26 Å². The Balaban J connectivity index is 0.00000361. The van der Waals surface area contributed by atoms with E-state index in [9.17, 15) is 8.42 Å². The fraction of sp³-hybridized carbons (Fsp3) is 0.923. The molecule has 0 amide bonds. The highest BCUT2D eigenvalue weighted by Crippen LogP contribution is 2.46. The van der Waals surface area contributed by atoms with Gasteiger partial charge >= 0.3 is 0 Å². The molecule has 0 aromatic heterocycles. The lowest BCUT2D eigenvalue weighted by Gasteiger charge is -2.62. The van der Waals surface area contributed by atoms with Gasteiger partial charge in [0.2, 0.25) is 0 Å². The van der Waals surface area contributed by atoms with Crippen LogP contribution in [0, 0.1) is 5.41 Å². The fourth-order valence-electron chi connectivity index (χ4n) is 2.23. The van der Waals surface area contributed by atoms with E-state index in [1.807, 2.05) is 0 Å². The van der Waals surface area contributed by atoms with E-state index in [4.69, 9.17) is 0 Å². The molecule has 1 rings (SSSR count). The van der Waals surface area contributed by atoms with Crippen molar-refractivity contribution in [3.63, 3.8) is 0 Å². The van der Waals surface area contributed by atoms with Gasteiger partial charge in [-0.3, -0.25) is 4.99 Å². The number of hydrogen-bond acceptors (Lipinski definition) is 3. The van der Waals surface area contributed by atoms with Gasteiger partial charge in [-0.1, -0.05) is 13.8 Å². The van der Waals surface area contributed by atoms with Crippen LogP contribution in [-0.4, -0.2) is 57.0 Å². The summed E-state index contributed by atoms with van der Waals surface area (Å²) in [6, 6.07) is 0. The molecule has 20 heavy (non-hydrogen) atoms. The largest absolute Gasteiger partial charge is 0.356 e. The van der Waals surface area contributed by atoms with Crippen LogP contribution in [0.15, 0.2) is 4.99 Å². The van der Waals surface area contributed by atoms with Gasteiger partial charge in [-0.2, -0.15) is 0 Å². The molecule has 1 aliphatic heterocycles. The van der Waals surface area contributed by atoms with Crippen molar-refractivity contribution in [3.8, 4) is 0 Å². The summed E-state index contributed by atoms with van der Waals surface area (Å²) < 4.78 is 22.1. The molecule has 0 aromatic carbocycles. The highest BCUT2D eigenvalue weighted by Gasteiger charge is 2.53. The molecule has 0 bridgehead atoms. The maximum absolute atomic E-state index is 11.1. The Hall–Kier alpha value is -0.0500. The van der Waals surface area contributed by atoms with Gasteiger partial charge in [-0.15, -0.1) is 24.0 Å². The molecule has 0 aromatic rings. The number of sulfone groups is 1. The predicted molar refractivity (Wildman–Crippen MR) is 95.7 cm³/mol. The lowest BCUT2D eigenvalue weighted by atomic mass is 9.65. The third-order valence-electron chi connectivity index (χ3n) is 4.33. The number of aliphatic imine (C=N–C) groups is 1. The number of nitrogens with one attached hydrogen (secondary N) is 1. The molecule has 7 heteroatoms. The van der Waals surface area contributed by atoms with Crippen molar-refractivity contribution in [2.24, 2.45) is 10.4 Å². The second-order valence-corrected chi connectivity index (χ2v) is 8.75. The summed E-state index contributed by atoms with van der Waals surface area (Å²) in [6.45, 7) is 10.5. The molecule has 1 fully saturated rings. The summed E-state index contributed by atoms with van der Waals surface area (Å²) >= 11 is 0. The Bertz CT molecular complexity index is 458. The van der Waals surface area contributed by atoms with Crippen LogP contribution in [0.1, 0.15) is 34.1 Å². The number of guanidine groups is 1. The van der Waals surface area contributed by atoms with E-state index >= 15 is 0 Å². The first-order chi connectivity index (χ1) is 8.51. The van der Waals surface area contributed by atoms with Crippen molar-refractivity contribution in [3.05, 3.63) is 0 Å². The van der Waals surface area contributed by atoms with Crippen molar-refractivity contribution in [1.82, 2.24) is 10.2 Å². The van der Waals surface area contributed by atoms with Gasteiger partial charge in [0, 0.05) is 37.3 Å². The maximum atomic E-state index is 11.1. The predicted octanol–water partition coefficient (Wildman–Crippen LogP) is 1.73. The Morgan fingerprint density at radius 2 is 1.85 bits per heavy atom. The normalized spacial score (nSPS) is 20.9. The van der Waals surface area contributed by atoms with Crippen LogP contribution in [0.3, 0.4) is 0 Å². The van der Waals surface area contributed by atoms with Crippen LogP contribution in [-0.2, 0) is 9.84 Å². The van der Waals surface area contributed by atoms with Crippen LogP contribution < -0.4 is 5.32 Å². The SMILES string of the molecule is CN=C(NCCCS(C)(=O)=O)N1CC(C)(C)C1(C)C.I. The number of hydrogen-bond donors (Lipinski definition) is 1. The van der Waals surface area contributed by atoms with Crippen LogP contribution >= 0.6 is 24.0 Å². The summed E-state index contributed by atoms with van der Waals surface area (Å²) in [4.78, 5) is 6.53. The second-order valence-electron chi connectivity index (χ2n) is 6.49. The summed E-state index contributed by atoms with van der Waals surface area (Å²) in [5.74, 6) is 1.07. The smallest absolute Gasteiger partial charge is 0.194 e. The van der Waals surface area contributed by atoms with E-state index in [-0.39, 0.29) is 40.7 Å². The number of rotatable bonds is 4. The summed E-state index contributed by atoms with van der Waals surface area (Å²) in [6.07, 6.45) is 1.87. The quantitative estimate of drug-likeness (QED) is 0.328. The zero-order chi connectivity index (χ0) is 14.9. The van der Waals surface area contributed by atoms with Gasteiger partial charge in [0.05, 0.1) is 5.75 Å². The monoisotopic (exact) mass is 417 g/mol. The molecular formula is C13H28IN3O2S. The average Bonchev–Trinajstić information content (AvgIpc) is 2.25. The molecule has 1 aliphatic rings. The Morgan fingerprint density at radius 3 is 2.20 bits per heavy atom. The number of likely N-dealkylation sites (tertiary alicyclic amines) is 1. The third kappa shape index (κ3) is 4.47. The Morgan fingerprint density at radius 1 is 1.30 bits per heavy atom. The van der Waals surface area contributed by atoms with Crippen LogP contribution in [0.2, 0.25) is 0 Å². The van der Waals surface area contributed by atoms with E-state index in [0.29, 0.717) is 13.0 Å². The Kier molecular flexibility index (Phi) is 6.79. The third-order valence-corrected chi connectivity index (χ3v) is 5.36. The van der Waals surface area contributed by atoms with Crippen molar-refractivity contribution in [1.29, 1.82) is 0 Å². The lowest BCUT2D eigenvalue weighted by Crippen LogP contribution is -2.72. The molecule has 1 heterocycles. The first-order valence-corrected chi connectivity index (χ1v) is 8.73. The molecule has 1 N–H and O–H groups in total. The van der Waals surface area contributed by atoms with Gasteiger partial charge < -0.3 is 10.2 Å². The molecule has 120 valence electrons. The van der Waals surface area contributed by atoms with E-state index < -0.39 is 9.84 Å². The minimum Gasteiger partial charge on any atom is -0.356 e. The number of halogens is 1. The molecule has 0 atom stereocenters. The van der Waals surface area contributed by atoms with Gasteiger partial charge in [0.15, 0.2) is 5.96 Å². The molecule has 0 aliphatic carbocycles. The molecule has 5 nitrogen and oxygen atoms in total. The highest BCUT2D eigenvalue weighted by atomic mass is 127. The lowest BCUT2D eigenvalue weighted by molar-refractivity contribution is -0.0666. The fourth-order valence-corrected chi connectivity index (χ4v) is 2.90. The van der Waals surface area contributed by atoms with Gasteiger partial charge in [-0.25, -0.2) is 8.42 Å². The molecule has 0 radical (unpaired) electrons. The first kappa shape index (κ1) is 19.9. The zero-order valence-corrected chi connectivity index (χ0v) is 16.5. The molecule has 1 saturated heterocycles. The van der Waals surface area contributed by atoms with Crippen molar-refractivity contribution >= 4 is 39.8 Å². The second kappa shape index (κ2) is 6.81. The van der Waals surface area contributed by atoms with Crippen molar-refractivity contribution in [2.45, 2.75) is 39.7 Å². The standard InChI is InChI=1S/C13H27N3O2S.HI/c1-12(2)10-16(13(12,3)4)11(14-5)15-8-7-9-19(6,17)18;/h7-10H2,1-6H3,(H,14,15);1H. The minimum atomic E-state index is -2.88. The van der Waals surface area contributed by atoms with E-state index in [0.717, 1.165) is 12.5 Å². The van der Waals surface area contributed by atoms with Crippen molar-refractivity contribution in [2.75, 3.05) is 32.1 Å². The van der Waals surface area contributed by atoms with E-state index in [2.05, 4.69) is 42.9 Å². The summed E-state index contributed by atoms with van der Waals surface area (Å²) in [7, 11) is -1.11. The van der Waals surface area contributed by atoms with Gasteiger partial charge in [0.25, 0.3) is 0 Å². The molecule has 0 unspecified atom stereocenters. The molecule has 0 saturated carbocycles. The Labute approximate surface area is 140 Å². The van der Waals surface area contributed by atoms with Crippen LogP contribution in [0.25, 0.3) is 0 Å². The number of nitrogens with zero attached hydrogens (tertiary/aromatic N) is 2. The van der Waals surface area contributed by atoms with E-state index in [1.54, 1.807) is 7.05 Å². The van der Waals surface area contributed by atoms with Crippen LogP contribution in [0.5, 0.6) is 0 Å². The highest BCUT2D eigenvalue weighted by molar-refractivity contribution is 14.0. The van der Waals surface area contributed by atoms with Crippen molar-refractivity contribution < 1.29 is 8.42 Å². The minimum absolute atomic E-state index is 0. The maximum Gasteiger partial charge on any atom is 0.194 e. The molecular weight excluding hydrogens is 389 g/mol. The average molecular weight is 417 g/mol. The first-order valence-electron chi connectivity index (χ1n) is 6.67. The topological polar surface area (TPSA) is 61.8 Å². The van der Waals surface area contributed by atoms with Crippen LogP contribution in [0.4, 0.5) is 0 Å². The summed E-state index contributed by atoms with van der Waals surface area (Å²) in [5, 5.41) is 3.25. The van der Waals surface area contributed by atoms with Gasteiger partial charge in [0.1, 0.15) is 9.84 Å².